The highest BCUT2D eigenvalue weighted by atomic mass is 16.5. The van der Waals surface area contributed by atoms with E-state index in [4.69, 9.17) is 4.74 Å². The Morgan fingerprint density at radius 2 is 1.95 bits per heavy atom. The molecule has 2 aromatic rings. The summed E-state index contributed by atoms with van der Waals surface area (Å²) in [4.78, 5) is 4.04. The van der Waals surface area contributed by atoms with Gasteiger partial charge >= 0.3 is 0 Å². The molecule has 0 spiro atoms. The Hall–Kier alpha value is -1.87. The number of pyridine rings is 1. The van der Waals surface area contributed by atoms with Gasteiger partial charge in [-0.25, -0.2) is 0 Å². The third-order valence-corrected chi connectivity index (χ3v) is 3.28. The summed E-state index contributed by atoms with van der Waals surface area (Å²) in [5, 5.41) is 3.51. The van der Waals surface area contributed by atoms with E-state index in [0.717, 1.165) is 12.3 Å². The van der Waals surface area contributed by atoms with Gasteiger partial charge < -0.3 is 10.1 Å². The molecule has 0 amide bonds. The minimum atomic E-state index is 0.311. The van der Waals surface area contributed by atoms with Crippen molar-refractivity contribution in [3.8, 4) is 5.75 Å². The highest BCUT2D eigenvalue weighted by Gasteiger charge is 2.05. The van der Waals surface area contributed by atoms with E-state index >= 15 is 0 Å². The smallest absolute Gasteiger partial charge is 0.121 e. The van der Waals surface area contributed by atoms with Gasteiger partial charge in [-0.05, 0) is 48.7 Å². The first-order chi connectivity index (χ1) is 9.20. The molecular formula is C16H20N2O. The Morgan fingerprint density at radius 1 is 1.21 bits per heavy atom. The van der Waals surface area contributed by atoms with Gasteiger partial charge in [-0.3, -0.25) is 4.98 Å². The maximum Gasteiger partial charge on any atom is 0.121 e. The monoisotopic (exact) mass is 256 g/mol. The van der Waals surface area contributed by atoms with Crippen LogP contribution in [0.25, 0.3) is 0 Å². The molecule has 0 radical (unpaired) electrons. The lowest BCUT2D eigenvalue weighted by atomic mass is 10.1. The first-order valence-electron chi connectivity index (χ1n) is 6.47. The molecule has 1 atom stereocenters. The summed E-state index contributed by atoms with van der Waals surface area (Å²) in [5.74, 6) is 0.936. The molecule has 1 aromatic carbocycles. The van der Waals surface area contributed by atoms with Gasteiger partial charge in [0.1, 0.15) is 5.75 Å². The second kappa shape index (κ2) is 6.34. The number of methoxy groups -OCH3 is 1. The maximum absolute atomic E-state index is 5.27. The number of nitrogens with one attached hydrogen (secondary N) is 1. The molecule has 100 valence electrons. The topological polar surface area (TPSA) is 34.1 Å². The predicted octanol–water partition coefficient (Wildman–Crippen LogP) is 3.25. The molecule has 1 heterocycles. The molecule has 1 aromatic heterocycles. The number of ether oxygens (including phenoxy) is 1. The van der Waals surface area contributed by atoms with Crippen LogP contribution in [0.15, 0.2) is 42.7 Å². The Labute approximate surface area is 114 Å². The zero-order chi connectivity index (χ0) is 13.7. The minimum Gasteiger partial charge on any atom is -0.496 e. The van der Waals surface area contributed by atoms with Crippen molar-refractivity contribution in [2.75, 3.05) is 7.11 Å². The minimum absolute atomic E-state index is 0.311. The summed E-state index contributed by atoms with van der Waals surface area (Å²) < 4.78 is 5.27. The zero-order valence-electron chi connectivity index (χ0n) is 11.7. The van der Waals surface area contributed by atoms with Gasteiger partial charge in [-0.15, -0.1) is 0 Å². The molecule has 3 heteroatoms. The quantitative estimate of drug-likeness (QED) is 0.891. The van der Waals surface area contributed by atoms with Crippen LogP contribution in [-0.2, 0) is 6.54 Å². The van der Waals surface area contributed by atoms with E-state index in [1.165, 1.54) is 16.7 Å². The van der Waals surface area contributed by atoms with Crippen LogP contribution < -0.4 is 10.1 Å². The van der Waals surface area contributed by atoms with Crippen molar-refractivity contribution < 1.29 is 4.74 Å². The fourth-order valence-corrected chi connectivity index (χ4v) is 2.09. The molecular weight excluding hydrogens is 236 g/mol. The zero-order valence-corrected chi connectivity index (χ0v) is 11.7. The molecule has 1 N–H and O–H groups in total. The van der Waals surface area contributed by atoms with E-state index in [0.29, 0.717) is 6.04 Å². The maximum atomic E-state index is 5.27. The van der Waals surface area contributed by atoms with Crippen LogP contribution in [0.5, 0.6) is 5.75 Å². The van der Waals surface area contributed by atoms with E-state index < -0.39 is 0 Å². The standard InChI is InChI=1S/C16H20N2O/c1-12-10-14(4-5-16(12)19-3)11-18-13(2)15-6-8-17-9-7-15/h4-10,13,18H,11H2,1-3H3/t13-/m1/s1. The molecule has 0 saturated heterocycles. The SMILES string of the molecule is COc1ccc(CN[C@H](C)c2ccncc2)cc1C. The number of aryl methyl sites for hydroxylation is 1. The summed E-state index contributed by atoms with van der Waals surface area (Å²) in [6.07, 6.45) is 3.65. The van der Waals surface area contributed by atoms with Crippen molar-refractivity contribution in [3.05, 3.63) is 59.4 Å². The van der Waals surface area contributed by atoms with Crippen LogP contribution >= 0.6 is 0 Å². The van der Waals surface area contributed by atoms with E-state index in [-0.39, 0.29) is 0 Å². The lowest BCUT2D eigenvalue weighted by Crippen LogP contribution is -2.18. The first kappa shape index (κ1) is 13.6. The molecule has 0 unspecified atom stereocenters. The molecule has 0 aliphatic rings. The molecule has 0 aliphatic carbocycles. The lowest BCUT2D eigenvalue weighted by Gasteiger charge is -2.15. The van der Waals surface area contributed by atoms with Crippen molar-refractivity contribution in [1.29, 1.82) is 0 Å². The highest BCUT2D eigenvalue weighted by molar-refractivity contribution is 5.36. The highest BCUT2D eigenvalue weighted by Crippen LogP contribution is 2.19. The molecule has 3 nitrogen and oxygen atoms in total. The summed E-state index contributed by atoms with van der Waals surface area (Å²) in [6.45, 7) is 5.06. The van der Waals surface area contributed by atoms with E-state index in [1.54, 1.807) is 7.11 Å². The molecule has 0 saturated carbocycles. The van der Waals surface area contributed by atoms with Crippen LogP contribution in [0, 0.1) is 6.92 Å². The molecule has 0 bridgehead atoms. The Kier molecular flexibility index (Phi) is 4.53. The first-order valence-corrected chi connectivity index (χ1v) is 6.47. The lowest BCUT2D eigenvalue weighted by molar-refractivity contribution is 0.411. The summed E-state index contributed by atoms with van der Waals surface area (Å²) in [7, 11) is 1.70. The van der Waals surface area contributed by atoms with Gasteiger partial charge in [-0.2, -0.15) is 0 Å². The third-order valence-electron chi connectivity index (χ3n) is 3.28. The van der Waals surface area contributed by atoms with Crippen LogP contribution in [-0.4, -0.2) is 12.1 Å². The van der Waals surface area contributed by atoms with Gasteiger partial charge in [0.15, 0.2) is 0 Å². The molecule has 19 heavy (non-hydrogen) atoms. The summed E-state index contributed by atoms with van der Waals surface area (Å²) in [5.41, 5.74) is 3.68. The van der Waals surface area contributed by atoms with Gasteiger partial charge in [0.05, 0.1) is 7.11 Å². The van der Waals surface area contributed by atoms with Crippen molar-refractivity contribution in [2.45, 2.75) is 26.4 Å². The van der Waals surface area contributed by atoms with Crippen molar-refractivity contribution in [2.24, 2.45) is 0 Å². The van der Waals surface area contributed by atoms with Gasteiger partial charge in [0.2, 0.25) is 0 Å². The van der Waals surface area contributed by atoms with Crippen LogP contribution in [0.4, 0.5) is 0 Å². The second-order valence-electron chi connectivity index (χ2n) is 4.69. The van der Waals surface area contributed by atoms with Crippen LogP contribution in [0.3, 0.4) is 0 Å². The predicted molar refractivity (Wildman–Crippen MR) is 77.2 cm³/mol. The van der Waals surface area contributed by atoms with Gasteiger partial charge in [0, 0.05) is 25.0 Å². The number of benzene rings is 1. The third kappa shape index (κ3) is 3.55. The van der Waals surface area contributed by atoms with Crippen LogP contribution in [0.1, 0.15) is 29.7 Å². The fourth-order valence-electron chi connectivity index (χ4n) is 2.09. The molecule has 0 fully saturated rings. The van der Waals surface area contributed by atoms with E-state index in [9.17, 15) is 0 Å². The van der Waals surface area contributed by atoms with E-state index in [1.807, 2.05) is 30.6 Å². The number of nitrogens with zero attached hydrogens (tertiary/aromatic N) is 1. The van der Waals surface area contributed by atoms with Crippen molar-refractivity contribution in [3.63, 3.8) is 0 Å². The average Bonchev–Trinajstić information content (AvgIpc) is 2.46. The van der Waals surface area contributed by atoms with Crippen LogP contribution in [0.2, 0.25) is 0 Å². The average molecular weight is 256 g/mol. The Morgan fingerprint density at radius 3 is 2.58 bits per heavy atom. The van der Waals surface area contributed by atoms with Crippen molar-refractivity contribution in [1.82, 2.24) is 10.3 Å². The summed E-state index contributed by atoms with van der Waals surface area (Å²) >= 11 is 0. The molecule has 2 rings (SSSR count). The Balaban J connectivity index is 1.97. The van der Waals surface area contributed by atoms with Gasteiger partial charge in [-0.1, -0.05) is 12.1 Å². The largest absolute Gasteiger partial charge is 0.496 e. The number of hydrogen-bond acceptors (Lipinski definition) is 3. The number of rotatable bonds is 5. The number of hydrogen-bond donors (Lipinski definition) is 1. The second-order valence-corrected chi connectivity index (χ2v) is 4.69. The normalized spacial score (nSPS) is 12.2. The number of aromatic nitrogens is 1. The Bertz CT molecular complexity index is 526. The van der Waals surface area contributed by atoms with Crippen molar-refractivity contribution >= 4 is 0 Å². The van der Waals surface area contributed by atoms with Gasteiger partial charge in [0.25, 0.3) is 0 Å². The molecule has 0 aliphatic heterocycles. The fraction of sp³-hybridized carbons (Fsp3) is 0.312. The summed E-state index contributed by atoms with van der Waals surface area (Å²) in [6, 6.07) is 10.7. The van der Waals surface area contributed by atoms with E-state index in [2.05, 4.69) is 36.3 Å².